The maximum absolute atomic E-state index is 11.0. The second-order valence-corrected chi connectivity index (χ2v) is 3.19. The number of rotatable bonds is 2. The van der Waals surface area contributed by atoms with E-state index in [2.05, 4.69) is 10.2 Å². The molecule has 1 aromatic heterocycles. The zero-order valence-electron chi connectivity index (χ0n) is 7.69. The van der Waals surface area contributed by atoms with Crippen LogP contribution in [0.1, 0.15) is 18.6 Å². The molecule has 0 amide bonds. The maximum Gasteiger partial charge on any atom is 0.162 e. The first-order chi connectivity index (χ1) is 6.70. The van der Waals surface area contributed by atoms with E-state index in [1.165, 1.54) is 6.92 Å². The smallest absolute Gasteiger partial charge is 0.162 e. The lowest BCUT2D eigenvalue weighted by molar-refractivity contribution is -0.125. The highest BCUT2D eigenvalue weighted by molar-refractivity contribution is 5.89. The predicted molar refractivity (Wildman–Crippen MR) is 51.7 cm³/mol. The molecule has 0 spiro atoms. The van der Waals surface area contributed by atoms with Crippen LogP contribution in [0, 0.1) is 0 Å². The highest BCUT2D eigenvalue weighted by Gasteiger charge is 2.15. The first kappa shape index (κ1) is 8.90. The fraction of sp³-hybridized carbons (Fsp3) is 0.200. The second kappa shape index (κ2) is 3.23. The van der Waals surface area contributed by atoms with Crippen molar-refractivity contribution in [2.24, 2.45) is 0 Å². The molecule has 0 aliphatic heterocycles. The molecule has 2 N–H and O–H groups in total. The lowest BCUT2D eigenvalue weighted by Crippen LogP contribution is -2.07. The zero-order chi connectivity index (χ0) is 10.1. The number of aromatic amines is 1. The Morgan fingerprint density at radius 2 is 2.36 bits per heavy atom. The summed E-state index contributed by atoms with van der Waals surface area (Å²) in [7, 11) is 0. The first-order valence-electron chi connectivity index (χ1n) is 4.30. The van der Waals surface area contributed by atoms with Crippen molar-refractivity contribution >= 4 is 16.7 Å². The molecule has 14 heavy (non-hydrogen) atoms. The molecule has 4 nitrogen and oxygen atoms in total. The molecule has 72 valence electrons. The number of ketones is 1. The Morgan fingerprint density at radius 1 is 1.57 bits per heavy atom. The van der Waals surface area contributed by atoms with Crippen LogP contribution < -0.4 is 0 Å². The lowest BCUT2D eigenvalue weighted by Gasteiger charge is -2.07. The van der Waals surface area contributed by atoms with E-state index in [-0.39, 0.29) is 5.78 Å². The maximum atomic E-state index is 11.0. The van der Waals surface area contributed by atoms with Crippen LogP contribution in [0.3, 0.4) is 0 Å². The van der Waals surface area contributed by atoms with E-state index in [1.54, 1.807) is 18.3 Å². The molecule has 4 heteroatoms. The molecule has 0 aliphatic carbocycles. The summed E-state index contributed by atoms with van der Waals surface area (Å²) in [4.78, 5) is 11.0. The van der Waals surface area contributed by atoms with Gasteiger partial charge in [-0.15, -0.1) is 0 Å². The summed E-state index contributed by atoms with van der Waals surface area (Å²) in [6.45, 7) is 1.36. The van der Waals surface area contributed by atoms with E-state index in [9.17, 15) is 9.90 Å². The normalized spacial score (nSPS) is 13.0. The summed E-state index contributed by atoms with van der Waals surface area (Å²) in [5.41, 5.74) is 1.42. The second-order valence-electron chi connectivity index (χ2n) is 3.19. The van der Waals surface area contributed by atoms with E-state index in [0.29, 0.717) is 5.56 Å². The number of aromatic nitrogens is 2. The number of Topliss-reactive ketones (excluding diaryl/α,β-unsaturated/α-hetero) is 1. The van der Waals surface area contributed by atoms with Crippen LogP contribution in [0.4, 0.5) is 0 Å². The van der Waals surface area contributed by atoms with Crippen LogP contribution in [0.15, 0.2) is 24.4 Å². The monoisotopic (exact) mass is 190 g/mol. The summed E-state index contributed by atoms with van der Waals surface area (Å²) >= 11 is 0. The molecule has 2 rings (SSSR count). The summed E-state index contributed by atoms with van der Waals surface area (Å²) in [6.07, 6.45) is 0.549. The number of aliphatic hydroxyl groups is 1. The van der Waals surface area contributed by atoms with E-state index < -0.39 is 6.10 Å². The lowest BCUT2D eigenvalue weighted by atomic mass is 10.0. The van der Waals surface area contributed by atoms with Crippen molar-refractivity contribution in [1.82, 2.24) is 10.2 Å². The molecule has 1 aromatic carbocycles. The minimum atomic E-state index is -1.06. The number of aliphatic hydroxyl groups excluding tert-OH is 1. The summed E-state index contributed by atoms with van der Waals surface area (Å²) in [5.74, 6) is -0.265. The van der Waals surface area contributed by atoms with Crippen LogP contribution >= 0.6 is 0 Å². The predicted octanol–water partition coefficient (Wildman–Crippen LogP) is 1.19. The van der Waals surface area contributed by atoms with Gasteiger partial charge in [-0.2, -0.15) is 5.10 Å². The molecule has 1 unspecified atom stereocenters. The van der Waals surface area contributed by atoms with Gasteiger partial charge in [-0.1, -0.05) is 12.1 Å². The number of fused-ring (bicyclic) bond motifs is 1. The molecular weight excluding hydrogens is 180 g/mol. The zero-order valence-corrected chi connectivity index (χ0v) is 7.69. The first-order valence-corrected chi connectivity index (χ1v) is 4.30. The van der Waals surface area contributed by atoms with Crippen LogP contribution in [0.2, 0.25) is 0 Å². The molecule has 0 bridgehead atoms. The van der Waals surface area contributed by atoms with Crippen LogP contribution in [-0.2, 0) is 4.79 Å². The standard InChI is InChI=1S/C10H10N2O2/c1-6(13)10(14)7-3-2-4-9-8(7)5-11-12-9/h2-5,10,14H,1H3,(H,11,12). The molecule has 0 fully saturated rings. The molecule has 0 radical (unpaired) electrons. The van der Waals surface area contributed by atoms with Crippen LogP contribution in [0.25, 0.3) is 10.9 Å². The topological polar surface area (TPSA) is 66.0 Å². The van der Waals surface area contributed by atoms with Gasteiger partial charge in [0.2, 0.25) is 0 Å². The van der Waals surface area contributed by atoms with Gasteiger partial charge in [-0.25, -0.2) is 0 Å². The third-order valence-corrected chi connectivity index (χ3v) is 2.20. The molecule has 2 aromatic rings. The number of hydrogen-bond acceptors (Lipinski definition) is 3. The fourth-order valence-corrected chi connectivity index (χ4v) is 1.45. The number of nitrogens with zero attached hydrogens (tertiary/aromatic N) is 1. The van der Waals surface area contributed by atoms with Gasteiger partial charge in [0.1, 0.15) is 6.10 Å². The fourth-order valence-electron chi connectivity index (χ4n) is 1.45. The van der Waals surface area contributed by atoms with E-state index in [4.69, 9.17) is 0 Å². The molecule has 0 aliphatic rings. The van der Waals surface area contributed by atoms with Gasteiger partial charge in [0.15, 0.2) is 5.78 Å². The van der Waals surface area contributed by atoms with Gasteiger partial charge < -0.3 is 5.11 Å². The van der Waals surface area contributed by atoms with Gasteiger partial charge in [-0.3, -0.25) is 9.89 Å². The number of hydrogen-bond donors (Lipinski definition) is 2. The van der Waals surface area contributed by atoms with Gasteiger partial charge in [0.05, 0.1) is 11.7 Å². The van der Waals surface area contributed by atoms with Crippen LogP contribution in [-0.4, -0.2) is 21.1 Å². The van der Waals surface area contributed by atoms with E-state index in [0.717, 1.165) is 10.9 Å². The molecule has 1 atom stereocenters. The van der Waals surface area contributed by atoms with Gasteiger partial charge in [0, 0.05) is 5.39 Å². The highest BCUT2D eigenvalue weighted by Crippen LogP contribution is 2.22. The number of H-pyrrole nitrogens is 1. The Bertz CT molecular complexity index is 476. The summed E-state index contributed by atoms with van der Waals surface area (Å²) in [5, 5.41) is 17.0. The summed E-state index contributed by atoms with van der Waals surface area (Å²) < 4.78 is 0. The van der Waals surface area contributed by atoms with E-state index >= 15 is 0 Å². The van der Waals surface area contributed by atoms with Crippen molar-refractivity contribution in [2.75, 3.05) is 0 Å². The van der Waals surface area contributed by atoms with Crippen molar-refractivity contribution in [2.45, 2.75) is 13.0 Å². The van der Waals surface area contributed by atoms with Crippen molar-refractivity contribution in [3.63, 3.8) is 0 Å². The van der Waals surface area contributed by atoms with Gasteiger partial charge in [0.25, 0.3) is 0 Å². The van der Waals surface area contributed by atoms with Crippen molar-refractivity contribution in [1.29, 1.82) is 0 Å². The third-order valence-electron chi connectivity index (χ3n) is 2.20. The molecule has 1 heterocycles. The third kappa shape index (κ3) is 1.29. The van der Waals surface area contributed by atoms with Crippen molar-refractivity contribution in [3.8, 4) is 0 Å². The van der Waals surface area contributed by atoms with Gasteiger partial charge in [-0.05, 0) is 18.6 Å². The summed E-state index contributed by atoms with van der Waals surface area (Å²) in [6, 6.07) is 5.35. The molecule has 0 saturated carbocycles. The number of benzene rings is 1. The van der Waals surface area contributed by atoms with Crippen molar-refractivity contribution < 1.29 is 9.90 Å². The Morgan fingerprint density at radius 3 is 3.07 bits per heavy atom. The van der Waals surface area contributed by atoms with Crippen LogP contribution in [0.5, 0.6) is 0 Å². The minimum absolute atomic E-state index is 0.265. The van der Waals surface area contributed by atoms with Crippen molar-refractivity contribution in [3.05, 3.63) is 30.0 Å². The Balaban J connectivity index is 2.61. The number of carbonyl (C=O) groups excluding carboxylic acids is 1. The van der Waals surface area contributed by atoms with Gasteiger partial charge >= 0.3 is 0 Å². The number of nitrogens with one attached hydrogen (secondary N) is 1. The highest BCUT2D eigenvalue weighted by atomic mass is 16.3. The van der Waals surface area contributed by atoms with E-state index in [1.807, 2.05) is 6.07 Å². The Hall–Kier alpha value is -1.68. The quantitative estimate of drug-likeness (QED) is 0.747. The SMILES string of the molecule is CC(=O)C(O)c1cccc2[nH]ncc12. The molecule has 0 saturated heterocycles. The minimum Gasteiger partial charge on any atom is -0.381 e. The largest absolute Gasteiger partial charge is 0.381 e. The average Bonchev–Trinajstić information content (AvgIpc) is 2.63. The molecular formula is C10H10N2O2. The Labute approximate surface area is 80.6 Å². The average molecular weight is 190 g/mol. The number of carbonyl (C=O) groups is 1. The Kier molecular flexibility index (Phi) is 2.05.